The molecule has 5 nitrogen and oxygen atoms in total. The van der Waals surface area contributed by atoms with E-state index in [0.717, 1.165) is 12.0 Å². The molecule has 6 heteroatoms. The van der Waals surface area contributed by atoms with Gasteiger partial charge in [-0.25, -0.2) is 4.98 Å². The Balaban J connectivity index is 2.08. The van der Waals surface area contributed by atoms with E-state index in [-0.39, 0.29) is 5.91 Å². The number of rotatable bonds is 3. The molecule has 2 N–H and O–H groups in total. The second-order valence-electron chi connectivity index (χ2n) is 4.80. The van der Waals surface area contributed by atoms with Crippen LogP contribution in [0.3, 0.4) is 0 Å². The predicted molar refractivity (Wildman–Crippen MR) is 71.1 cm³/mol. The summed E-state index contributed by atoms with van der Waals surface area (Å²) in [6.45, 7) is 1.79. The van der Waals surface area contributed by atoms with Crippen molar-refractivity contribution in [3.05, 3.63) is 23.0 Å². The molecule has 0 radical (unpaired) electrons. The topological polar surface area (TPSA) is 79.3 Å². The number of carboxylic acids is 1. The fourth-order valence-electron chi connectivity index (χ4n) is 2.43. The molecular weight excluding hydrogens is 268 g/mol. The second-order valence-corrected chi connectivity index (χ2v) is 5.16. The molecule has 0 saturated heterocycles. The predicted octanol–water partition coefficient (Wildman–Crippen LogP) is 2.48. The number of carboxylic acid groups (broad SMARTS) is 1. The first kappa shape index (κ1) is 13.8. The summed E-state index contributed by atoms with van der Waals surface area (Å²) in [7, 11) is 0. The fraction of sp³-hybridized carbons (Fsp3) is 0.462. The summed E-state index contributed by atoms with van der Waals surface area (Å²) in [4.78, 5) is 27.1. The van der Waals surface area contributed by atoms with Gasteiger partial charge in [-0.15, -0.1) is 0 Å². The molecule has 0 aliphatic heterocycles. The van der Waals surface area contributed by atoms with Crippen LogP contribution in [0.4, 0.5) is 5.69 Å². The van der Waals surface area contributed by atoms with Crippen molar-refractivity contribution in [2.24, 2.45) is 11.8 Å². The zero-order valence-corrected chi connectivity index (χ0v) is 11.3. The van der Waals surface area contributed by atoms with Crippen molar-refractivity contribution >= 4 is 29.2 Å². The van der Waals surface area contributed by atoms with Gasteiger partial charge >= 0.3 is 5.97 Å². The molecule has 1 saturated carbocycles. The van der Waals surface area contributed by atoms with Gasteiger partial charge in [0.1, 0.15) is 5.15 Å². The van der Waals surface area contributed by atoms with Crippen LogP contribution in [0.25, 0.3) is 0 Å². The van der Waals surface area contributed by atoms with E-state index in [1.54, 1.807) is 13.0 Å². The van der Waals surface area contributed by atoms with Gasteiger partial charge in [-0.1, -0.05) is 18.0 Å². The number of hydrogen-bond donors (Lipinski definition) is 2. The van der Waals surface area contributed by atoms with E-state index >= 15 is 0 Å². The van der Waals surface area contributed by atoms with Gasteiger partial charge in [0, 0.05) is 0 Å². The number of aromatic nitrogens is 1. The first-order valence-electron chi connectivity index (χ1n) is 6.15. The average molecular weight is 283 g/mol. The Kier molecular flexibility index (Phi) is 4.04. The van der Waals surface area contributed by atoms with Crippen LogP contribution >= 0.6 is 11.6 Å². The van der Waals surface area contributed by atoms with E-state index in [4.69, 9.17) is 16.7 Å². The van der Waals surface area contributed by atoms with E-state index in [1.165, 1.54) is 6.20 Å². The highest BCUT2D eigenvalue weighted by atomic mass is 35.5. The van der Waals surface area contributed by atoms with Crippen molar-refractivity contribution < 1.29 is 14.7 Å². The molecule has 102 valence electrons. The summed E-state index contributed by atoms with van der Waals surface area (Å²) in [6, 6.07) is 1.72. The molecule has 1 aromatic heterocycles. The van der Waals surface area contributed by atoms with Crippen molar-refractivity contribution in [3.8, 4) is 0 Å². The average Bonchev–Trinajstić information content (AvgIpc) is 2.83. The summed E-state index contributed by atoms with van der Waals surface area (Å²) < 4.78 is 0. The fourth-order valence-corrected chi connectivity index (χ4v) is 2.53. The van der Waals surface area contributed by atoms with Gasteiger partial charge in [0.2, 0.25) is 5.91 Å². The number of aliphatic carboxylic acids is 1. The maximum absolute atomic E-state index is 12.1. The Morgan fingerprint density at radius 2 is 2.11 bits per heavy atom. The monoisotopic (exact) mass is 282 g/mol. The van der Waals surface area contributed by atoms with Gasteiger partial charge < -0.3 is 10.4 Å². The molecule has 0 bridgehead atoms. The molecule has 1 aliphatic rings. The van der Waals surface area contributed by atoms with Crippen molar-refractivity contribution in [2.75, 3.05) is 5.32 Å². The zero-order valence-electron chi connectivity index (χ0n) is 10.5. The number of hydrogen-bond acceptors (Lipinski definition) is 3. The second kappa shape index (κ2) is 5.57. The SMILES string of the molecule is Cc1cc(NC(=O)[C@@H]2CCC[C@@H]2C(=O)O)cnc1Cl. The van der Waals surface area contributed by atoms with Crippen molar-refractivity contribution in [3.63, 3.8) is 0 Å². The first-order chi connectivity index (χ1) is 8.99. The third-order valence-electron chi connectivity index (χ3n) is 3.45. The highest BCUT2D eigenvalue weighted by Gasteiger charge is 2.37. The van der Waals surface area contributed by atoms with Crippen LogP contribution in [0.2, 0.25) is 5.15 Å². The number of nitrogens with zero attached hydrogens (tertiary/aromatic N) is 1. The third-order valence-corrected chi connectivity index (χ3v) is 3.85. The molecule has 1 heterocycles. The largest absolute Gasteiger partial charge is 0.481 e. The number of anilines is 1. The van der Waals surface area contributed by atoms with E-state index < -0.39 is 17.8 Å². The van der Waals surface area contributed by atoms with Gasteiger partial charge in [-0.05, 0) is 31.4 Å². The highest BCUT2D eigenvalue weighted by Crippen LogP contribution is 2.33. The molecular formula is C13H15ClN2O3. The van der Waals surface area contributed by atoms with Crippen molar-refractivity contribution in [2.45, 2.75) is 26.2 Å². The first-order valence-corrected chi connectivity index (χ1v) is 6.52. The minimum absolute atomic E-state index is 0.256. The molecule has 0 spiro atoms. The molecule has 19 heavy (non-hydrogen) atoms. The summed E-state index contributed by atoms with van der Waals surface area (Å²) in [5.41, 5.74) is 1.31. The Morgan fingerprint density at radius 1 is 1.42 bits per heavy atom. The lowest BCUT2D eigenvalue weighted by Gasteiger charge is -2.15. The number of halogens is 1. The number of amides is 1. The van der Waals surface area contributed by atoms with Gasteiger partial charge in [0.05, 0.1) is 23.7 Å². The lowest BCUT2D eigenvalue weighted by atomic mass is 9.95. The molecule has 1 amide bonds. The maximum atomic E-state index is 12.1. The van der Waals surface area contributed by atoms with Crippen LogP contribution in [-0.4, -0.2) is 22.0 Å². The molecule has 1 aromatic rings. The Bertz CT molecular complexity index is 519. The van der Waals surface area contributed by atoms with E-state index in [2.05, 4.69) is 10.3 Å². The van der Waals surface area contributed by atoms with Crippen LogP contribution in [0.1, 0.15) is 24.8 Å². The summed E-state index contributed by atoms with van der Waals surface area (Å²) >= 11 is 5.81. The van der Waals surface area contributed by atoms with Crippen LogP contribution in [0.5, 0.6) is 0 Å². The van der Waals surface area contributed by atoms with E-state index in [9.17, 15) is 9.59 Å². The van der Waals surface area contributed by atoms with Crippen LogP contribution < -0.4 is 5.32 Å². The minimum atomic E-state index is -0.900. The van der Waals surface area contributed by atoms with Gasteiger partial charge in [0.25, 0.3) is 0 Å². The van der Waals surface area contributed by atoms with Crippen molar-refractivity contribution in [1.29, 1.82) is 0 Å². The summed E-state index contributed by atoms with van der Waals surface area (Å²) in [5.74, 6) is -2.20. The van der Waals surface area contributed by atoms with Gasteiger partial charge in [-0.2, -0.15) is 0 Å². The smallest absolute Gasteiger partial charge is 0.307 e. The number of carbonyl (C=O) groups excluding carboxylic acids is 1. The number of carbonyl (C=O) groups is 2. The van der Waals surface area contributed by atoms with Crippen molar-refractivity contribution in [1.82, 2.24) is 4.98 Å². The Morgan fingerprint density at radius 3 is 2.74 bits per heavy atom. The number of nitrogens with one attached hydrogen (secondary N) is 1. The molecule has 2 atom stereocenters. The third kappa shape index (κ3) is 3.04. The lowest BCUT2D eigenvalue weighted by molar-refractivity contribution is -0.145. The summed E-state index contributed by atoms with van der Waals surface area (Å²) in [5, 5.41) is 12.2. The highest BCUT2D eigenvalue weighted by molar-refractivity contribution is 6.30. The lowest BCUT2D eigenvalue weighted by Crippen LogP contribution is -2.30. The number of aryl methyl sites for hydroxylation is 1. The van der Waals surface area contributed by atoms with Crippen LogP contribution in [0, 0.1) is 18.8 Å². The Hall–Kier alpha value is -1.62. The standard InChI is InChI=1S/C13H15ClN2O3/c1-7-5-8(6-15-11(7)14)16-12(17)9-3-2-4-10(9)13(18)19/h5-6,9-10H,2-4H2,1H3,(H,16,17)(H,18,19)/t9-,10+/m1/s1. The molecule has 1 aliphatic carbocycles. The minimum Gasteiger partial charge on any atom is -0.481 e. The molecule has 2 rings (SSSR count). The number of pyridine rings is 1. The van der Waals surface area contributed by atoms with Crippen LogP contribution in [0.15, 0.2) is 12.3 Å². The quantitative estimate of drug-likeness (QED) is 0.835. The van der Waals surface area contributed by atoms with Gasteiger partial charge in [-0.3, -0.25) is 9.59 Å². The van der Waals surface area contributed by atoms with Gasteiger partial charge in [0.15, 0.2) is 0 Å². The zero-order chi connectivity index (χ0) is 14.0. The molecule has 0 unspecified atom stereocenters. The normalized spacial score (nSPS) is 22.2. The maximum Gasteiger partial charge on any atom is 0.307 e. The Labute approximate surface area is 116 Å². The van der Waals surface area contributed by atoms with Crippen LogP contribution in [-0.2, 0) is 9.59 Å². The summed E-state index contributed by atoms with van der Waals surface area (Å²) in [6.07, 6.45) is 3.42. The molecule has 0 aromatic carbocycles. The van der Waals surface area contributed by atoms with E-state index in [1.807, 2.05) is 0 Å². The van der Waals surface area contributed by atoms with E-state index in [0.29, 0.717) is 23.7 Å². The molecule has 1 fully saturated rings.